The molecule has 1 aliphatic heterocycles. The van der Waals surface area contributed by atoms with E-state index in [1.165, 1.54) is 0 Å². The minimum Gasteiger partial charge on any atom is -0.493 e. The van der Waals surface area contributed by atoms with Gasteiger partial charge in [0.1, 0.15) is 19.0 Å². The van der Waals surface area contributed by atoms with E-state index < -0.39 is 0 Å². The number of aryl methyl sites for hydroxylation is 1. The van der Waals surface area contributed by atoms with Crippen molar-refractivity contribution in [3.63, 3.8) is 0 Å². The first-order chi connectivity index (χ1) is 13.1. The Morgan fingerprint density at radius 1 is 1.15 bits per heavy atom. The maximum Gasteiger partial charge on any atom is 0.220 e. The summed E-state index contributed by atoms with van der Waals surface area (Å²) in [6, 6.07) is 11.4. The number of carbonyl (C=O) groups excluding carboxylic acids is 1. The van der Waals surface area contributed by atoms with Crippen LogP contribution in [-0.4, -0.2) is 32.3 Å². The van der Waals surface area contributed by atoms with Crippen LogP contribution >= 0.6 is 11.6 Å². The summed E-state index contributed by atoms with van der Waals surface area (Å²) in [5.41, 5.74) is 2.10. The number of nitrogens with one attached hydrogen (secondary N) is 1. The molecule has 2 aromatic rings. The molecule has 0 spiro atoms. The summed E-state index contributed by atoms with van der Waals surface area (Å²) in [5.74, 6) is 2.40. The predicted octanol–water partition coefficient (Wildman–Crippen LogP) is 3.94. The number of ether oxygens (including phenoxy) is 3. The lowest BCUT2D eigenvalue weighted by Gasteiger charge is -2.18. The summed E-state index contributed by atoms with van der Waals surface area (Å²) in [5, 5.41) is 3.64. The second kappa shape index (κ2) is 9.51. The molecule has 1 amide bonds. The van der Waals surface area contributed by atoms with Crippen LogP contribution in [0.1, 0.15) is 24.0 Å². The summed E-state index contributed by atoms with van der Waals surface area (Å²) >= 11 is 5.93. The van der Waals surface area contributed by atoms with Crippen molar-refractivity contribution >= 4 is 17.5 Å². The van der Waals surface area contributed by atoms with Gasteiger partial charge in [-0.2, -0.15) is 0 Å². The number of hydrogen-bond donors (Lipinski definition) is 1. The quantitative estimate of drug-likeness (QED) is 0.695. The van der Waals surface area contributed by atoms with E-state index in [2.05, 4.69) is 5.32 Å². The standard InChI is InChI=1S/C21H24ClNO4/c1-15-13-17(22)5-7-18(15)25-10-2-3-21(24)23-9-8-16-4-6-19-20(14-16)27-12-11-26-19/h4-7,13-14H,2-3,8-12H2,1H3,(H,23,24). The summed E-state index contributed by atoms with van der Waals surface area (Å²) < 4.78 is 16.8. The zero-order chi connectivity index (χ0) is 19.1. The van der Waals surface area contributed by atoms with E-state index in [1.807, 2.05) is 37.3 Å². The van der Waals surface area contributed by atoms with Crippen LogP contribution in [-0.2, 0) is 11.2 Å². The Hall–Kier alpha value is -2.40. The van der Waals surface area contributed by atoms with Gasteiger partial charge >= 0.3 is 0 Å². The van der Waals surface area contributed by atoms with Gasteiger partial charge in [0.2, 0.25) is 5.91 Å². The lowest BCUT2D eigenvalue weighted by molar-refractivity contribution is -0.121. The number of amides is 1. The Balaban J connectivity index is 1.33. The average Bonchev–Trinajstić information content (AvgIpc) is 2.66. The molecule has 5 nitrogen and oxygen atoms in total. The summed E-state index contributed by atoms with van der Waals surface area (Å²) in [7, 11) is 0. The van der Waals surface area contributed by atoms with Gasteiger partial charge in [-0.25, -0.2) is 0 Å². The van der Waals surface area contributed by atoms with Crippen LogP contribution in [0.3, 0.4) is 0 Å². The van der Waals surface area contributed by atoms with Crippen molar-refractivity contribution in [2.75, 3.05) is 26.4 Å². The lowest BCUT2D eigenvalue weighted by atomic mass is 10.1. The number of fused-ring (bicyclic) bond motifs is 1. The van der Waals surface area contributed by atoms with E-state index in [9.17, 15) is 4.79 Å². The third-order valence-corrected chi connectivity index (χ3v) is 4.52. The molecule has 6 heteroatoms. The molecular weight excluding hydrogens is 366 g/mol. The van der Waals surface area contributed by atoms with Crippen molar-refractivity contribution in [3.8, 4) is 17.2 Å². The van der Waals surface area contributed by atoms with Crippen molar-refractivity contribution in [2.24, 2.45) is 0 Å². The van der Waals surface area contributed by atoms with Crippen LogP contribution in [0.25, 0.3) is 0 Å². The first-order valence-electron chi connectivity index (χ1n) is 9.16. The first kappa shape index (κ1) is 19.4. The van der Waals surface area contributed by atoms with Crippen LogP contribution in [0, 0.1) is 6.92 Å². The second-order valence-corrected chi connectivity index (χ2v) is 6.88. The van der Waals surface area contributed by atoms with Crippen molar-refractivity contribution < 1.29 is 19.0 Å². The molecule has 0 atom stereocenters. The molecule has 3 rings (SSSR count). The number of rotatable bonds is 8. The molecule has 144 valence electrons. The van der Waals surface area contributed by atoms with E-state index >= 15 is 0 Å². The van der Waals surface area contributed by atoms with E-state index in [1.54, 1.807) is 6.07 Å². The average molecular weight is 390 g/mol. The van der Waals surface area contributed by atoms with Gasteiger partial charge in [0.25, 0.3) is 0 Å². The fourth-order valence-electron chi connectivity index (χ4n) is 2.87. The molecule has 27 heavy (non-hydrogen) atoms. The van der Waals surface area contributed by atoms with E-state index in [-0.39, 0.29) is 5.91 Å². The Labute approximate surface area is 164 Å². The van der Waals surface area contributed by atoms with Gasteiger partial charge in [-0.3, -0.25) is 4.79 Å². The van der Waals surface area contributed by atoms with Crippen LogP contribution < -0.4 is 19.5 Å². The van der Waals surface area contributed by atoms with Gasteiger partial charge in [-0.05, 0) is 61.2 Å². The maximum absolute atomic E-state index is 12.0. The van der Waals surface area contributed by atoms with Gasteiger partial charge in [-0.15, -0.1) is 0 Å². The number of benzene rings is 2. The number of hydrogen-bond acceptors (Lipinski definition) is 4. The molecule has 2 aromatic carbocycles. The van der Waals surface area contributed by atoms with E-state index in [0.29, 0.717) is 44.2 Å². The Kier molecular flexibility index (Phi) is 6.82. The third-order valence-electron chi connectivity index (χ3n) is 4.29. The highest BCUT2D eigenvalue weighted by Crippen LogP contribution is 2.30. The topological polar surface area (TPSA) is 56.8 Å². The molecular formula is C21H24ClNO4. The second-order valence-electron chi connectivity index (χ2n) is 6.44. The molecule has 0 radical (unpaired) electrons. The highest BCUT2D eigenvalue weighted by Gasteiger charge is 2.11. The molecule has 0 unspecified atom stereocenters. The Morgan fingerprint density at radius 2 is 1.96 bits per heavy atom. The summed E-state index contributed by atoms with van der Waals surface area (Å²) in [6.45, 7) is 4.20. The molecule has 0 saturated carbocycles. The SMILES string of the molecule is Cc1cc(Cl)ccc1OCCCC(=O)NCCc1ccc2c(c1)OCCO2. The van der Waals surface area contributed by atoms with Crippen LogP contribution in [0.2, 0.25) is 5.02 Å². The highest BCUT2D eigenvalue weighted by molar-refractivity contribution is 6.30. The molecule has 0 saturated heterocycles. The van der Waals surface area contributed by atoms with Crippen molar-refractivity contribution in [1.82, 2.24) is 5.32 Å². The smallest absolute Gasteiger partial charge is 0.220 e. The predicted molar refractivity (Wildman–Crippen MR) is 105 cm³/mol. The van der Waals surface area contributed by atoms with Gasteiger partial charge in [0.15, 0.2) is 11.5 Å². The maximum atomic E-state index is 12.0. The van der Waals surface area contributed by atoms with Gasteiger partial charge < -0.3 is 19.5 Å². The minimum atomic E-state index is 0.0315. The molecule has 1 N–H and O–H groups in total. The summed E-state index contributed by atoms with van der Waals surface area (Å²) in [6.07, 6.45) is 1.86. The first-order valence-corrected chi connectivity index (χ1v) is 9.54. The zero-order valence-corrected chi connectivity index (χ0v) is 16.2. The summed E-state index contributed by atoms with van der Waals surface area (Å²) in [4.78, 5) is 12.0. The normalized spacial score (nSPS) is 12.5. The van der Waals surface area contributed by atoms with Crippen LogP contribution in [0.4, 0.5) is 0 Å². The highest BCUT2D eigenvalue weighted by atomic mass is 35.5. The Morgan fingerprint density at radius 3 is 2.78 bits per heavy atom. The Bertz CT molecular complexity index is 794. The lowest BCUT2D eigenvalue weighted by Crippen LogP contribution is -2.25. The molecule has 0 aliphatic carbocycles. The van der Waals surface area contributed by atoms with Gasteiger partial charge in [0.05, 0.1) is 6.61 Å². The number of halogens is 1. The zero-order valence-electron chi connectivity index (χ0n) is 15.4. The monoisotopic (exact) mass is 389 g/mol. The van der Waals surface area contributed by atoms with Crippen LogP contribution in [0.15, 0.2) is 36.4 Å². The molecule has 1 heterocycles. The van der Waals surface area contributed by atoms with E-state index in [4.69, 9.17) is 25.8 Å². The molecule has 0 fully saturated rings. The molecule has 0 bridgehead atoms. The van der Waals surface area contributed by atoms with Crippen molar-refractivity contribution in [1.29, 1.82) is 0 Å². The molecule has 0 aromatic heterocycles. The van der Waals surface area contributed by atoms with Crippen molar-refractivity contribution in [3.05, 3.63) is 52.5 Å². The number of carbonyl (C=O) groups is 1. The van der Waals surface area contributed by atoms with E-state index in [0.717, 1.165) is 34.8 Å². The van der Waals surface area contributed by atoms with Crippen LogP contribution in [0.5, 0.6) is 17.2 Å². The molecule has 1 aliphatic rings. The third kappa shape index (κ3) is 5.79. The van der Waals surface area contributed by atoms with Gasteiger partial charge in [0, 0.05) is 18.0 Å². The minimum absolute atomic E-state index is 0.0315. The van der Waals surface area contributed by atoms with Crippen molar-refractivity contribution in [2.45, 2.75) is 26.2 Å². The van der Waals surface area contributed by atoms with Gasteiger partial charge in [-0.1, -0.05) is 17.7 Å². The fourth-order valence-corrected chi connectivity index (χ4v) is 3.09. The fraction of sp³-hybridized carbons (Fsp3) is 0.381. The largest absolute Gasteiger partial charge is 0.493 e.